The van der Waals surface area contributed by atoms with Gasteiger partial charge in [0.15, 0.2) is 0 Å². The molecule has 3 aromatic rings. The lowest BCUT2D eigenvalue weighted by Gasteiger charge is -2.35. The predicted octanol–water partition coefficient (Wildman–Crippen LogP) is 2.21. The van der Waals surface area contributed by atoms with Gasteiger partial charge in [-0.3, -0.25) is 9.48 Å². The molecule has 3 heterocycles. The minimum atomic E-state index is 0.00553. The number of anilines is 2. The van der Waals surface area contributed by atoms with E-state index < -0.39 is 0 Å². The van der Waals surface area contributed by atoms with E-state index in [2.05, 4.69) is 20.0 Å². The Labute approximate surface area is 176 Å². The van der Waals surface area contributed by atoms with Gasteiger partial charge >= 0.3 is 0 Å². The number of benzene rings is 1. The van der Waals surface area contributed by atoms with Crippen molar-refractivity contribution in [2.45, 2.75) is 6.92 Å². The summed E-state index contributed by atoms with van der Waals surface area (Å²) in [4.78, 5) is 28.4. The molecule has 0 bridgehead atoms. The SMILES string of the molecule is Cc1cc(N(C)C)nc(N2CCN(C(=O)c3cc(-c4ccccc4)nn3C)CC2)n1. The van der Waals surface area contributed by atoms with Crippen LogP contribution in [0.5, 0.6) is 0 Å². The van der Waals surface area contributed by atoms with Crippen molar-refractivity contribution in [3.8, 4) is 11.3 Å². The van der Waals surface area contributed by atoms with Gasteiger partial charge in [-0.05, 0) is 13.0 Å². The average Bonchev–Trinajstić information content (AvgIpc) is 3.15. The average molecular weight is 406 g/mol. The van der Waals surface area contributed by atoms with Crippen molar-refractivity contribution < 1.29 is 4.79 Å². The zero-order valence-corrected chi connectivity index (χ0v) is 17.9. The van der Waals surface area contributed by atoms with Crippen LogP contribution in [0.1, 0.15) is 16.2 Å². The number of amides is 1. The van der Waals surface area contributed by atoms with E-state index in [-0.39, 0.29) is 5.91 Å². The molecule has 0 aliphatic carbocycles. The molecule has 1 fully saturated rings. The minimum Gasteiger partial charge on any atom is -0.363 e. The van der Waals surface area contributed by atoms with Crippen LogP contribution >= 0.6 is 0 Å². The van der Waals surface area contributed by atoms with Gasteiger partial charge in [0.1, 0.15) is 11.5 Å². The van der Waals surface area contributed by atoms with Gasteiger partial charge in [-0.1, -0.05) is 30.3 Å². The molecular weight excluding hydrogens is 378 g/mol. The molecule has 0 radical (unpaired) electrons. The summed E-state index contributed by atoms with van der Waals surface area (Å²) in [6.07, 6.45) is 0. The van der Waals surface area contributed by atoms with Crippen LogP contribution in [0.3, 0.4) is 0 Å². The van der Waals surface area contributed by atoms with Crippen molar-refractivity contribution in [2.24, 2.45) is 7.05 Å². The molecule has 8 nitrogen and oxygen atoms in total. The summed E-state index contributed by atoms with van der Waals surface area (Å²) in [6, 6.07) is 13.8. The fourth-order valence-electron chi connectivity index (χ4n) is 3.60. The van der Waals surface area contributed by atoms with E-state index in [1.807, 2.05) is 80.3 Å². The van der Waals surface area contributed by atoms with E-state index >= 15 is 0 Å². The smallest absolute Gasteiger partial charge is 0.272 e. The van der Waals surface area contributed by atoms with Crippen molar-refractivity contribution in [1.82, 2.24) is 24.6 Å². The predicted molar refractivity (Wildman–Crippen MR) is 118 cm³/mol. The molecule has 0 spiro atoms. The van der Waals surface area contributed by atoms with E-state index in [4.69, 9.17) is 0 Å². The van der Waals surface area contributed by atoms with Crippen molar-refractivity contribution in [3.63, 3.8) is 0 Å². The molecule has 0 saturated carbocycles. The highest BCUT2D eigenvalue weighted by molar-refractivity contribution is 5.94. The Hall–Kier alpha value is -3.42. The van der Waals surface area contributed by atoms with E-state index in [1.165, 1.54) is 0 Å². The third-order valence-corrected chi connectivity index (χ3v) is 5.31. The Kier molecular flexibility index (Phi) is 5.39. The normalized spacial score (nSPS) is 14.1. The summed E-state index contributed by atoms with van der Waals surface area (Å²) < 4.78 is 1.67. The molecule has 0 atom stereocenters. The highest BCUT2D eigenvalue weighted by Gasteiger charge is 2.26. The third-order valence-electron chi connectivity index (χ3n) is 5.31. The number of piperazine rings is 1. The van der Waals surface area contributed by atoms with E-state index in [9.17, 15) is 4.79 Å². The summed E-state index contributed by atoms with van der Waals surface area (Å²) in [5.74, 6) is 1.61. The number of hydrogen-bond acceptors (Lipinski definition) is 6. The molecule has 8 heteroatoms. The second kappa shape index (κ2) is 8.14. The second-order valence-corrected chi connectivity index (χ2v) is 7.75. The lowest BCUT2D eigenvalue weighted by molar-refractivity contribution is 0.0735. The van der Waals surface area contributed by atoms with Crippen molar-refractivity contribution in [2.75, 3.05) is 50.1 Å². The molecule has 1 aliphatic rings. The van der Waals surface area contributed by atoms with Crippen molar-refractivity contribution >= 4 is 17.7 Å². The first-order valence-corrected chi connectivity index (χ1v) is 10.1. The minimum absolute atomic E-state index is 0.00553. The van der Waals surface area contributed by atoms with Crippen LogP contribution in [0.15, 0.2) is 42.5 Å². The Morgan fingerprint density at radius 3 is 2.37 bits per heavy atom. The zero-order valence-electron chi connectivity index (χ0n) is 17.9. The quantitative estimate of drug-likeness (QED) is 0.663. The monoisotopic (exact) mass is 405 g/mol. The van der Waals surface area contributed by atoms with Gasteiger partial charge in [0.05, 0.1) is 5.69 Å². The second-order valence-electron chi connectivity index (χ2n) is 7.75. The van der Waals surface area contributed by atoms with Crippen LogP contribution in [0.4, 0.5) is 11.8 Å². The van der Waals surface area contributed by atoms with Gasteiger partial charge in [-0.25, -0.2) is 4.98 Å². The molecular formula is C22H27N7O. The first-order valence-electron chi connectivity index (χ1n) is 10.1. The van der Waals surface area contributed by atoms with Crippen LogP contribution in [0.2, 0.25) is 0 Å². The van der Waals surface area contributed by atoms with Gasteiger partial charge in [0, 0.05) is 64.6 Å². The van der Waals surface area contributed by atoms with Crippen molar-refractivity contribution in [1.29, 1.82) is 0 Å². The molecule has 30 heavy (non-hydrogen) atoms. The van der Waals surface area contributed by atoms with Crippen LogP contribution in [-0.2, 0) is 7.05 Å². The molecule has 0 N–H and O–H groups in total. The lowest BCUT2D eigenvalue weighted by atomic mass is 10.1. The zero-order chi connectivity index (χ0) is 21.3. The fourth-order valence-corrected chi connectivity index (χ4v) is 3.60. The topological polar surface area (TPSA) is 70.4 Å². The largest absolute Gasteiger partial charge is 0.363 e. The summed E-state index contributed by atoms with van der Waals surface area (Å²) in [7, 11) is 5.76. The van der Waals surface area contributed by atoms with E-state index in [0.717, 1.165) is 28.7 Å². The number of aryl methyl sites for hydroxylation is 2. The lowest BCUT2D eigenvalue weighted by Crippen LogP contribution is -2.49. The van der Waals surface area contributed by atoms with Crippen LogP contribution in [-0.4, -0.2) is 70.8 Å². The molecule has 0 unspecified atom stereocenters. The summed E-state index contributed by atoms with van der Waals surface area (Å²) in [6.45, 7) is 4.63. The molecule has 4 rings (SSSR count). The van der Waals surface area contributed by atoms with Gasteiger partial charge in [0.2, 0.25) is 5.95 Å². The fraction of sp³-hybridized carbons (Fsp3) is 0.364. The molecule has 1 aromatic carbocycles. The van der Waals surface area contributed by atoms with Crippen molar-refractivity contribution in [3.05, 3.63) is 53.9 Å². The number of carbonyl (C=O) groups excluding carboxylic acids is 1. The van der Waals surface area contributed by atoms with Gasteiger partial charge in [0.25, 0.3) is 5.91 Å². The number of nitrogens with zero attached hydrogens (tertiary/aromatic N) is 7. The van der Waals surface area contributed by atoms with Crippen LogP contribution in [0, 0.1) is 6.92 Å². The Morgan fingerprint density at radius 2 is 1.70 bits per heavy atom. The first-order chi connectivity index (χ1) is 14.4. The molecule has 1 amide bonds. The Morgan fingerprint density at radius 1 is 1.00 bits per heavy atom. The maximum Gasteiger partial charge on any atom is 0.272 e. The molecule has 1 saturated heterocycles. The summed E-state index contributed by atoms with van der Waals surface area (Å²) in [5.41, 5.74) is 3.35. The molecule has 156 valence electrons. The van der Waals surface area contributed by atoms with Crippen LogP contribution in [0.25, 0.3) is 11.3 Å². The summed E-state index contributed by atoms with van der Waals surface area (Å²) >= 11 is 0. The first kappa shape index (κ1) is 19.9. The maximum absolute atomic E-state index is 13.1. The van der Waals surface area contributed by atoms with Crippen LogP contribution < -0.4 is 9.80 Å². The van der Waals surface area contributed by atoms with Gasteiger partial charge in [-0.2, -0.15) is 10.1 Å². The molecule has 2 aromatic heterocycles. The molecule has 1 aliphatic heterocycles. The number of hydrogen-bond donors (Lipinski definition) is 0. The number of rotatable bonds is 4. The standard InChI is InChI=1S/C22H27N7O/c1-16-14-20(26(2)3)24-22(23-16)29-12-10-28(11-13-29)21(30)19-15-18(25-27(19)4)17-8-6-5-7-9-17/h5-9,14-15H,10-13H2,1-4H3. The Bertz CT molecular complexity index is 1040. The number of aromatic nitrogens is 4. The van der Waals surface area contributed by atoms with Gasteiger partial charge in [-0.15, -0.1) is 0 Å². The highest BCUT2D eigenvalue weighted by Crippen LogP contribution is 2.21. The Balaban J connectivity index is 1.46. The van der Waals surface area contributed by atoms with Gasteiger partial charge < -0.3 is 14.7 Å². The third kappa shape index (κ3) is 3.98. The van der Waals surface area contributed by atoms with E-state index in [1.54, 1.807) is 4.68 Å². The summed E-state index contributed by atoms with van der Waals surface area (Å²) in [5, 5.41) is 4.53. The number of carbonyl (C=O) groups is 1. The van der Waals surface area contributed by atoms with E-state index in [0.29, 0.717) is 31.9 Å². The maximum atomic E-state index is 13.1. The highest BCUT2D eigenvalue weighted by atomic mass is 16.2.